The lowest BCUT2D eigenvalue weighted by Gasteiger charge is -2.12. The summed E-state index contributed by atoms with van der Waals surface area (Å²) in [7, 11) is -2.92. The van der Waals surface area contributed by atoms with Crippen LogP contribution in [0.1, 0.15) is 12.8 Å². The summed E-state index contributed by atoms with van der Waals surface area (Å²) < 4.78 is 28.8. The van der Waals surface area contributed by atoms with Crippen LogP contribution in [0.3, 0.4) is 0 Å². The molecule has 0 aromatic heterocycles. The summed E-state index contributed by atoms with van der Waals surface area (Å²) in [5.74, 6) is -3.88. The van der Waals surface area contributed by atoms with Crippen LogP contribution in [0.25, 0.3) is 0 Å². The average Bonchev–Trinajstić information content (AvgIpc) is 2.24. The molecule has 1 atom stereocenters. The summed E-state index contributed by atoms with van der Waals surface area (Å²) in [4.78, 5) is 32.0. The van der Waals surface area contributed by atoms with Crippen molar-refractivity contribution in [1.82, 2.24) is 4.72 Å². The first-order valence-corrected chi connectivity index (χ1v) is 6.41. The predicted octanol–water partition coefficient (Wildman–Crippen LogP) is -2.20. The first kappa shape index (κ1) is 16.3. The van der Waals surface area contributed by atoms with Gasteiger partial charge in [-0.3, -0.25) is 14.4 Å². The predicted molar refractivity (Wildman–Crippen MR) is 58.8 cm³/mol. The number of esters is 1. The number of hydrogen-bond donors (Lipinski definition) is 3. The SMILES string of the molecule is COC(=O)CCS(=O)(=O)N[C@H](CC(N)=O)C(=O)O. The van der Waals surface area contributed by atoms with Gasteiger partial charge in [0.15, 0.2) is 0 Å². The Morgan fingerprint density at radius 2 is 1.94 bits per heavy atom. The topological polar surface area (TPSA) is 153 Å². The number of primary amides is 1. The normalized spacial score (nSPS) is 12.7. The molecule has 0 fully saturated rings. The van der Waals surface area contributed by atoms with Crippen molar-refractivity contribution in [3.05, 3.63) is 0 Å². The van der Waals surface area contributed by atoms with Gasteiger partial charge < -0.3 is 15.6 Å². The van der Waals surface area contributed by atoms with Crippen molar-refractivity contribution in [2.24, 2.45) is 5.73 Å². The van der Waals surface area contributed by atoms with E-state index in [0.29, 0.717) is 0 Å². The van der Waals surface area contributed by atoms with Crippen molar-refractivity contribution in [3.8, 4) is 0 Å². The number of carbonyl (C=O) groups is 3. The second-order valence-electron chi connectivity index (χ2n) is 3.32. The molecule has 4 N–H and O–H groups in total. The molecule has 0 aromatic carbocycles. The van der Waals surface area contributed by atoms with E-state index < -0.39 is 52.5 Å². The molecule has 10 heteroatoms. The molecule has 104 valence electrons. The van der Waals surface area contributed by atoms with Gasteiger partial charge in [-0.25, -0.2) is 13.1 Å². The number of nitrogens with two attached hydrogens (primary N) is 1. The Morgan fingerprint density at radius 3 is 2.33 bits per heavy atom. The molecule has 1 amide bonds. The van der Waals surface area contributed by atoms with Gasteiger partial charge in [-0.2, -0.15) is 0 Å². The van der Waals surface area contributed by atoms with Gasteiger partial charge in [-0.05, 0) is 0 Å². The standard InChI is InChI=1S/C8H14N2O7S/c1-17-7(12)2-3-18(15,16)10-5(8(13)14)4-6(9)11/h5,10H,2-4H2,1H3,(H2,9,11)(H,13,14)/t5-/m1/s1. The number of ether oxygens (including phenoxy) is 1. The van der Waals surface area contributed by atoms with E-state index in [-0.39, 0.29) is 0 Å². The average molecular weight is 282 g/mol. The largest absolute Gasteiger partial charge is 0.480 e. The van der Waals surface area contributed by atoms with Crippen LogP contribution in [0.2, 0.25) is 0 Å². The van der Waals surface area contributed by atoms with E-state index in [1.54, 1.807) is 4.72 Å². The zero-order valence-corrected chi connectivity index (χ0v) is 10.4. The molecule has 0 aliphatic heterocycles. The number of amides is 1. The van der Waals surface area contributed by atoms with Crippen LogP contribution in [-0.4, -0.2) is 50.3 Å². The van der Waals surface area contributed by atoms with Crippen molar-refractivity contribution in [2.75, 3.05) is 12.9 Å². The van der Waals surface area contributed by atoms with Crippen LogP contribution in [0, 0.1) is 0 Å². The molecular formula is C8H14N2O7S. The highest BCUT2D eigenvalue weighted by molar-refractivity contribution is 7.89. The molecule has 0 saturated heterocycles. The van der Waals surface area contributed by atoms with Gasteiger partial charge in [0, 0.05) is 0 Å². The zero-order valence-electron chi connectivity index (χ0n) is 9.58. The minimum absolute atomic E-state index is 0.422. The highest BCUT2D eigenvalue weighted by Gasteiger charge is 2.26. The Labute approximate surface area is 103 Å². The number of nitrogens with one attached hydrogen (secondary N) is 1. The fraction of sp³-hybridized carbons (Fsp3) is 0.625. The maximum Gasteiger partial charge on any atom is 0.322 e. The molecule has 0 aliphatic rings. The molecule has 0 radical (unpaired) electrons. The molecule has 18 heavy (non-hydrogen) atoms. The highest BCUT2D eigenvalue weighted by Crippen LogP contribution is 1.98. The molecule has 0 aliphatic carbocycles. The van der Waals surface area contributed by atoms with Crippen LogP contribution in [0.5, 0.6) is 0 Å². The van der Waals surface area contributed by atoms with Crippen LogP contribution in [0.4, 0.5) is 0 Å². The number of rotatable bonds is 8. The van der Waals surface area contributed by atoms with E-state index in [1.807, 2.05) is 0 Å². The monoisotopic (exact) mass is 282 g/mol. The molecule has 0 aromatic rings. The van der Waals surface area contributed by atoms with Gasteiger partial charge in [-0.15, -0.1) is 0 Å². The highest BCUT2D eigenvalue weighted by atomic mass is 32.2. The van der Waals surface area contributed by atoms with Crippen LogP contribution in [-0.2, 0) is 29.1 Å². The minimum Gasteiger partial charge on any atom is -0.480 e. The van der Waals surface area contributed by atoms with Crippen LogP contribution >= 0.6 is 0 Å². The van der Waals surface area contributed by atoms with E-state index >= 15 is 0 Å². The van der Waals surface area contributed by atoms with Crippen molar-refractivity contribution in [2.45, 2.75) is 18.9 Å². The number of carbonyl (C=O) groups excluding carboxylic acids is 2. The number of methoxy groups -OCH3 is 1. The lowest BCUT2D eigenvalue weighted by atomic mass is 10.2. The van der Waals surface area contributed by atoms with Crippen molar-refractivity contribution in [3.63, 3.8) is 0 Å². The summed E-state index contributed by atoms with van der Waals surface area (Å²) in [5.41, 5.74) is 4.78. The number of carboxylic acid groups (broad SMARTS) is 1. The summed E-state index contributed by atoms with van der Waals surface area (Å²) in [6, 6.07) is -1.65. The maximum absolute atomic E-state index is 11.4. The van der Waals surface area contributed by atoms with Crippen molar-refractivity contribution >= 4 is 27.9 Å². The van der Waals surface area contributed by atoms with Gasteiger partial charge in [0.1, 0.15) is 6.04 Å². The van der Waals surface area contributed by atoms with Gasteiger partial charge in [0.2, 0.25) is 15.9 Å². The second-order valence-corrected chi connectivity index (χ2v) is 5.20. The molecule has 0 saturated carbocycles. The summed E-state index contributed by atoms with van der Waals surface area (Å²) >= 11 is 0. The smallest absolute Gasteiger partial charge is 0.322 e. The zero-order chi connectivity index (χ0) is 14.3. The van der Waals surface area contributed by atoms with E-state index in [1.165, 1.54) is 0 Å². The molecule has 0 bridgehead atoms. The molecule has 0 heterocycles. The number of aliphatic carboxylic acids is 1. The first-order valence-electron chi connectivity index (χ1n) is 4.76. The summed E-state index contributed by atoms with van der Waals surface area (Å²) in [6.07, 6.45) is -1.10. The third-order valence-electron chi connectivity index (χ3n) is 1.83. The minimum atomic E-state index is -4.02. The molecule has 0 spiro atoms. The number of hydrogen-bond acceptors (Lipinski definition) is 6. The summed E-state index contributed by atoms with van der Waals surface area (Å²) in [5, 5.41) is 8.68. The fourth-order valence-electron chi connectivity index (χ4n) is 0.976. The Morgan fingerprint density at radius 1 is 1.39 bits per heavy atom. The van der Waals surface area contributed by atoms with E-state index in [4.69, 9.17) is 10.8 Å². The molecule has 9 nitrogen and oxygen atoms in total. The Hall–Kier alpha value is -1.68. The summed E-state index contributed by atoms with van der Waals surface area (Å²) in [6.45, 7) is 0. The quantitative estimate of drug-likeness (QED) is 0.427. The van der Waals surface area contributed by atoms with Crippen LogP contribution < -0.4 is 10.5 Å². The lowest BCUT2D eigenvalue weighted by Crippen LogP contribution is -2.44. The van der Waals surface area contributed by atoms with Crippen molar-refractivity contribution < 1.29 is 32.6 Å². The Bertz CT molecular complexity index is 431. The molecular weight excluding hydrogens is 268 g/mol. The number of sulfonamides is 1. The van der Waals surface area contributed by atoms with E-state index in [9.17, 15) is 22.8 Å². The second kappa shape index (κ2) is 6.91. The van der Waals surface area contributed by atoms with Gasteiger partial charge in [0.05, 0.1) is 25.7 Å². The maximum atomic E-state index is 11.4. The van der Waals surface area contributed by atoms with Crippen molar-refractivity contribution in [1.29, 1.82) is 0 Å². The Balaban J connectivity index is 4.56. The Kier molecular flexibility index (Phi) is 6.27. The van der Waals surface area contributed by atoms with Crippen LogP contribution in [0.15, 0.2) is 0 Å². The van der Waals surface area contributed by atoms with Gasteiger partial charge in [-0.1, -0.05) is 0 Å². The lowest BCUT2D eigenvalue weighted by molar-refractivity contribution is -0.140. The van der Waals surface area contributed by atoms with Gasteiger partial charge >= 0.3 is 11.9 Å². The third-order valence-corrected chi connectivity index (χ3v) is 3.21. The third kappa shape index (κ3) is 6.81. The van der Waals surface area contributed by atoms with E-state index in [2.05, 4.69) is 4.74 Å². The molecule has 0 unspecified atom stereocenters. The first-order chi connectivity index (χ1) is 8.18. The fourth-order valence-corrected chi connectivity index (χ4v) is 2.15. The van der Waals surface area contributed by atoms with E-state index in [0.717, 1.165) is 7.11 Å². The van der Waals surface area contributed by atoms with Gasteiger partial charge in [0.25, 0.3) is 0 Å². The number of carboxylic acids is 1. The molecule has 0 rings (SSSR count).